The van der Waals surface area contributed by atoms with Gasteiger partial charge < -0.3 is 45.2 Å². The van der Waals surface area contributed by atoms with Crippen LogP contribution in [0.25, 0.3) is 0 Å². The van der Waals surface area contributed by atoms with Crippen molar-refractivity contribution in [1.29, 1.82) is 0 Å². The minimum atomic E-state index is -6.16. The van der Waals surface area contributed by atoms with Crippen LogP contribution in [0, 0.1) is 23.7 Å². The third-order valence-corrected chi connectivity index (χ3v) is 26.5. The summed E-state index contributed by atoms with van der Waals surface area (Å²) in [6.07, 6.45) is 9.88. The van der Waals surface area contributed by atoms with E-state index in [1.165, 1.54) is 39.2 Å². The van der Waals surface area contributed by atoms with Gasteiger partial charge in [0.2, 0.25) is 17.7 Å². The summed E-state index contributed by atoms with van der Waals surface area (Å²) in [7, 11) is -11.1. The predicted molar refractivity (Wildman–Crippen MR) is 410 cm³/mol. The fourth-order valence-corrected chi connectivity index (χ4v) is 19.0. The van der Waals surface area contributed by atoms with Crippen LogP contribution in [0.15, 0.2) is 141 Å². The van der Waals surface area contributed by atoms with Crippen LogP contribution >= 0.6 is 34.7 Å². The molecule has 3 aliphatic heterocycles. The molecule has 21 nitrogen and oxygen atoms in total. The smallest absolute Gasteiger partial charge is 0.391 e. The number of aliphatic hydroxyl groups is 1. The number of aliphatic hydroxyl groups excluding tert-OH is 1. The van der Waals surface area contributed by atoms with Crippen molar-refractivity contribution in [2.75, 3.05) is 121 Å². The maximum absolute atomic E-state index is 14.6. The fraction of sp³-hybridized carbons (Fsp3) is 0.545. The Morgan fingerprint density at radius 1 is 0.830 bits per heavy atom. The second-order valence-corrected chi connectivity index (χ2v) is 36.7. The number of thiazole rings is 1. The Hall–Kier alpha value is -6.44. The molecule has 3 saturated heterocycles. The molecule has 0 spiro atoms. The van der Waals surface area contributed by atoms with Crippen molar-refractivity contribution < 1.29 is 63.8 Å². The van der Waals surface area contributed by atoms with Crippen molar-refractivity contribution in [3.63, 3.8) is 0 Å². The number of allylic oxidation sites excluding steroid dienone is 2. The van der Waals surface area contributed by atoms with Crippen molar-refractivity contribution in [3.05, 3.63) is 153 Å². The standard InChI is InChI=1S/C77H102ClF3N10O11S4/c1-52(54-24-29-76(8,30-25-54)70-53(2)82-51-104-70)83-72(95)66-44-61(92)48-91(66)73(96)69(74(3,4)5)85-68(93)49-102-43-42-101-41-40-88-34-32-87(33-35-88)31-27-59(50-103-62-12-10-9-11-13-62)84-65-23-22-63(45-67(65)105(97,98)77(79,80)81)106(99,100)86-71(94)56-16-20-60(21-17-56)90-38-36-89(37-39-90)47-57-46-75(6,7)28-26-64(57)55-14-18-58(78)19-15-55/h9-25,29,45,51-52,57,59,61,64,66,69,84,92H,26-28,30-44,46-50H2,1-8H3,(H,83,95)(H,85,93)(H,86,94)/t52-,57?,59+,61+,64?,66-,69?,76?/m0/s1. The number of thioether (sulfide) groups is 1. The van der Waals surface area contributed by atoms with Crippen molar-refractivity contribution in [2.24, 2.45) is 16.7 Å². The van der Waals surface area contributed by atoms with E-state index in [1.54, 1.807) is 23.5 Å². The maximum atomic E-state index is 14.6. The number of ether oxygens (including phenoxy) is 2. The van der Waals surface area contributed by atoms with Crippen LogP contribution in [-0.4, -0.2) is 217 Å². The molecular formula is C77H102ClF3N10O11S4. The molecule has 8 atom stereocenters. The average molecular weight is 1560 g/mol. The highest BCUT2D eigenvalue weighted by Crippen LogP contribution is 2.47. The molecule has 5 aliphatic rings. The number of carbonyl (C=O) groups is 4. The maximum Gasteiger partial charge on any atom is 0.501 e. The molecule has 5 aromatic rings. The van der Waals surface area contributed by atoms with Gasteiger partial charge in [-0.15, -0.1) is 23.1 Å². The number of nitrogens with zero attached hydrogens (tertiary/aromatic N) is 6. The molecule has 10 rings (SSSR count). The van der Waals surface area contributed by atoms with E-state index in [2.05, 4.69) is 85.6 Å². The van der Waals surface area contributed by atoms with E-state index in [0.29, 0.717) is 76.0 Å². The van der Waals surface area contributed by atoms with E-state index < -0.39 is 94.1 Å². The van der Waals surface area contributed by atoms with Crippen LogP contribution < -0.4 is 25.6 Å². The van der Waals surface area contributed by atoms with Crippen LogP contribution in [0.4, 0.5) is 24.5 Å². The molecule has 4 unspecified atom stereocenters. The first kappa shape index (κ1) is 82.1. The third kappa shape index (κ3) is 21.5. The van der Waals surface area contributed by atoms with E-state index >= 15 is 0 Å². The van der Waals surface area contributed by atoms with E-state index in [9.17, 15) is 54.3 Å². The molecule has 106 heavy (non-hydrogen) atoms. The quantitative estimate of drug-likeness (QED) is 0.0212. The van der Waals surface area contributed by atoms with Gasteiger partial charge in [0.15, 0.2) is 0 Å². The van der Waals surface area contributed by atoms with Crippen LogP contribution in [0.5, 0.6) is 0 Å². The lowest BCUT2D eigenvalue weighted by Crippen LogP contribution is -2.58. The molecule has 0 bridgehead atoms. The van der Waals surface area contributed by atoms with Gasteiger partial charge in [0.05, 0.1) is 53.8 Å². The fourth-order valence-electron chi connectivity index (χ4n) is 14.9. The van der Waals surface area contributed by atoms with Crippen molar-refractivity contribution in [2.45, 2.75) is 156 Å². The number of rotatable bonds is 30. The van der Waals surface area contributed by atoms with Crippen LogP contribution in [0.1, 0.15) is 119 Å². The number of sulfonamides is 1. The van der Waals surface area contributed by atoms with Gasteiger partial charge in [-0.1, -0.05) is 102 Å². The molecule has 4 fully saturated rings. The normalized spacial score (nSPS) is 22.3. The minimum absolute atomic E-state index is 0.0257. The second kappa shape index (κ2) is 35.5. The lowest BCUT2D eigenvalue weighted by molar-refractivity contribution is -0.144. The Morgan fingerprint density at radius 2 is 1.50 bits per heavy atom. The highest BCUT2D eigenvalue weighted by Gasteiger charge is 2.49. The Labute approximate surface area is 635 Å². The number of nitrogens with one attached hydrogen (secondary N) is 4. The van der Waals surface area contributed by atoms with E-state index in [4.69, 9.17) is 21.1 Å². The van der Waals surface area contributed by atoms with Gasteiger partial charge in [-0.25, -0.2) is 26.5 Å². The zero-order chi connectivity index (χ0) is 76.4. The average Bonchev–Trinajstić information content (AvgIpc) is 0.957. The Morgan fingerprint density at radius 3 is 2.14 bits per heavy atom. The molecule has 5 N–H and O–H groups in total. The summed E-state index contributed by atoms with van der Waals surface area (Å²) >= 11 is 9.28. The number of β-amino-alcohol motifs (C(OH)–C–C–N with tert-alkyl or cyclic N) is 1. The van der Waals surface area contributed by atoms with E-state index in [1.807, 2.05) is 93.4 Å². The summed E-state index contributed by atoms with van der Waals surface area (Å²) < 4.78 is 112. The number of amides is 4. The van der Waals surface area contributed by atoms with Gasteiger partial charge in [0, 0.05) is 128 Å². The highest BCUT2D eigenvalue weighted by atomic mass is 35.5. The Balaban J connectivity index is 0.666. The van der Waals surface area contributed by atoms with Gasteiger partial charge in [0.1, 0.15) is 23.6 Å². The van der Waals surface area contributed by atoms with E-state index in [0.717, 1.165) is 97.4 Å². The van der Waals surface area contributed by atoms with Crippen LogP contribution in [0.3, 0.4) is 0 Å². The molecule has 1 saturated carbocycles. The summed E-state index contributed by atoms with van der Waals surface area (Å²) in [6, 6.07) is 23.4. The number of aromatic nitrogens is 1. The zero-order valence-corrected chi connectivity index (χ0v) is 65.7. The SMILES string of the molecule is Cc1ncsc1C1(C)C=CC([C@H](C)NC(=O)[C@@H]2C[C@@H](O)CN2C(=O)C(NC(=O)COCCOCCN2CCN(CC[C@H](CSc3ccccc3)Nc3ccc(S(=O)(=O)NC(=O)c4ccc(N5CCN(CC6CC(C)(C)CCC6c6ccc(Cl)cc6)CC5)cc4)cc3S(=O)(=O)C(F)(F)F)CC2)C(C)(C)C)=CC1. The number of hydrogen-bond acceptors (Lipinski definition) is 19. The largest absolute Gasteiger partial charge is 0.501 e. The number of hydrogen-bond donors (Lipinski definition) is 5. The molecule has 29 heteroatoms. The number of aryl methyl sites for hydroxylation is 1. The summed E-state index contributed by atoms with van der Waals surface area (Å²) in [5.41, 5.74) is -1.09. The molecule has 4 heterocycles. The van der Waals surface area contributed by atoms with Gasteiger partial charge in [-0.2, -0.15) is 13.2 Å². The number of benzene rings is 4. The molecule has 0 radical (unpaired) electrons. The number of alkyl halides is 3. The first-order chi connectivity index (χ1) is 50.1. The number of piperazine rings is 2. The summed E-state index contributed by atoms with van der Waals surface area (Å²) in [5, 5.41) is 20.4. The van der Waals surface area contributed by atoms with Crippen LogP contribution in [0.2, 0.25) is 5.02 Å². The molecule has 4 aromatic carbocycles. The number of anilines is 2. The van der Waals surface area contributed by atoms with Gasteiger partial charge in [-0.3, -0.25) is 29.0 Å². The Bertz CT molecular complexity index is 4130. The lowest BCUT2D eigenvalue weighted by atomic mass is 9.65. The van der Waals surface area contributed by atoms with E-state index in [-0.39, 0.29) is 55.2 Å². The summed E-state index contributed by atoms with van der Waals surface area (Å²) in [5.74, 6) is -1.24. The summed E-state index contributed by atoms with van der Waals surface area (Å²) in [6.45, 7) is 24.2. The molecule has 4 amide bonds. The molecule has 2 aliphatic carbocycles. The first-order valence-corrected chi connectivity index (χ1v) is 41.6. The summed E-state index contributed by atoms with van der Waals surface area (Å²) in [4.78, 5) is 69.8. The molecule has 578 valence electrons. The topological polar surface area (TPSA) is 252 Å². The predicted octanol–water partition coefficient (Wildman–Crippen LogP) is 10.7. The van der Waals surface area contributed by atoms with Crippen molar-refractivity contribution in [1.82, 2.24) is 39.9 Å². The number of carbonyl (C=O) groups excluding carboxylic acids is 4. The van der Waals surface area contributed by atoms with Crippen molar-refractivity contribution >= 4 is 89.6 Å². The van der Waals surface area contributed by atoms with Gasteiger partial charge in [0.25, 0.3) is 25.8 Å². The number of likely N-dealkylation sites (tertiary alicyclic amines) is 1. The minimum Gasteiger partial charge on any atom is -0.391 e. The molecule has 1 aromatic heterocycles. The Kier molecular flexibility index (Phi) is 27.5. The first-order valence-electron chi connectivity index (χ1n) is 36.4. The van der Waals surface area contributed by atoms with Gasteiger partial charge in [-0.05, 0) is 146 Å². The van der Waals surface area contributed by atoms with Gasteiger partial charge >= 0.3 is 5.51 Å². The lowest BCUT2D eigenvalue weighted by Gasteiger charge is -2.45. The number of sulfone groups is 1. The zero-order valence-electron chi connectivity index (χ0n) is 61.7. The number of halogens is 4. The van der Waals surface area contributed by atoms with Crippen molar-refractivity contribution in [3.8, 4) is 0 Å². The molecular weight excluding hydrogens is 1460 g/mol. The monoisotopic (exact) mass is 1560 g/mol. The third-order valence-electron chi connectivity index (χ3n) is 21.0. The van der Waals surface area contributed by atoms with Crippen LogP contribution in [-0.2, 0) is 49.1 Å². The highest BCUT2D eigenvalue weighted by molar-refractivity contribution is 7.99. The second-order valence-electron chi connectivity index (χ2n) is 30.7.